The fraction of sp³-hybridized carbons (Fsp3) is 0.136. The molecule has 0 atom stereocenters. The van der Waals surface area contributed by atoms with E-state index in [0.717, 1.165) is 34.5 Å². The molecule has 0 unspecified atom stereocenters. The van der Waals surface area contributed by atoms with Gasteiger partial charge in [-0.05, 0) is 49.4 Å². The average molecular weight is 356 g/mol. The summed E-state index contributed by atoms with van der Waals surface area (Å²) in [5.41, 5.74) is 4.89. The zero-order chi connectivity index (χ0) is 18.4. The van der Waals surface area contributed by atoms with Crippen LogP contribution in [0.3, 0.4) is 0 Å². The van der Waals surface area contributed by atoms with E-state index in [-0.39, 0.29) is 5.82 Å². The van der Waals surface area contributed by atoms with Crippen LogP contribution in [-0.4, -0.2) is 19.4 Å². The first-order valence-electron chi connectivity index (χ1n) is 8.96. The van der Waals surface area contributed by atoms with Gasteiger partial charge in [-0.25, -0.2) is 14.4 Å². The Balaban J connectivity index is 1.51. The maximum Gasteiger partial charge on any atom is 0.152 e. The molecule has 0 amide bonds. The van der Waals surface area contributed by atoms with Gasteiger partial charge in [0, 0.05) is 29.2 Å². The normalized spacial score (nSPS) is 11.6. The van der Waals surface area contributed by atoms with E-state index in [2.05, 4.69) is 45.7 Å². The molecule has 0 saturated heterocycles. The van der Waals surface area contributed by atoms with Crippen molar-refractivity contribution >= 4 is 27.5 Å². The van der Waals surface area contributed by atoms with Crippen LogP contribution in [0.1, 0.15) is 17.1 Å². The minimum atomic E-state index is -0.336. The SMILES string of the molecule is Cc1c(CCc2ccc3nccc(F)c3n2)nc2c3ccccc3ccn12. The molecule has 0 N–H and O–H groups in total. The van der Waals surface area contributed by atoms with Gasteiger partial charge in [0.15, 0.2) is 5.82 Å². The molecule has 0 bridgehead atoms. The summed E-state index contributed by atoms with van der Waals surface area (Å²) in [4.78, 5) is 13.5. The van der Waals surface area contributed by atoms with Crippen molar-refractivity contribution in [1.82, 2.24) is 19.4 Å². The molecule has 4 aromatic heterocycles. The summed E-state index contributed by atoms with van der Waals surface area (Å²) < 4.78 is 16.1. The summed E-state index contributed by atoms with van der Waals surface area (Å²) >= 11 is 0. The second-order valence-corrected chi connectivity index (χ2v) is 6.70. The van der Waals surface area contributed by atoms with Crippen LogP contribution in [0.25, 0.3) is 27.5 Å². The molecule has 5 aromatic rings. The lowest BCUT2D eigenvalue weighted by atomic mass is 10.1. The molecule has 0 spiro atoms. The summed E-state index contributed by atoms with van der Waals surface area (Å²) in [6.45, 7) is 2.08. The van der Waals surface area contributed by atoms with Gasteiger partial charge in [-0.3, -0.25) is 4.98 Å². The van der Waals surface area contributed by atoms with Crippen molar-refractivity contribution < 1.29 is 4.39 Å². The van der Waals surface area contributed by atoms with Gasteiger partial charge in [0.05, 0.1) is 11.2 Å². The number of hydrogen-bond donors (Lipinski definition) is 0. The zero-order valence-corrected chi connectivity index (χ0v) is 14.9. The molecule has 27 heavy (non-hydrogen) atoms. The quantitative estimate of drug-likeness (QED) is 0.472. The maximum atomic E-state index is 14.0. The summed E-state index contributed by atoms with van der Waals surface area (Å²) in [7, 11) is 0. The van der Waals surface area contributed by atoms with Crippen LogP contribution in [0, 0.1) is 12.7 Å². The highest BCUT2D eigenvalue weighted by Gasteiger charge is 2.12. The van der Waals surface area contributed by atoms with Crippen LogP contribution in [0.15, 0.2) is 60.9 Å². The second-order valence-electron chi connectivity index (χ2n) is 6.70. The van der Waals surface area contributed by atoms with E-state index in [0.29, 0.717) is 17.5 Å². The number of rotatable bonds is 3. The van der Waals surface area contributed by atoms with Gasteiger partial charge in [-0.2, -0.15) is 0 Å². The van der Waals surface area contributed by atoms with Gasteiger partial charge in [-0.1, -0.05) is 24.3 Å². The molecule has 5 rings (SSSR count). The molecule has 5 heteroatoms. The van der Waals surface area contributed by atoms with Crippen molar-refractivity contribution in [3.63, 3.8) is 0 Å². The number of nitrogens with zero attached hydrogens (tertiary/aromatic N) is 4. The molecule has 0 aliphatic rings. The summed E-state index contributed by atoms with van der Waals surface area (Å²) in [5.74, 6) is -0.336. The van der Waals surface area contributed by atoms with Crippen molar-refractivity contribution in [2.75, 3.05) is 0 Å². The Morgan fingerprint density at radius 1 is 0.963 bits per heavy atom. The van der Waals surface area contributed by atoms with E-state index in [1.807, 2.05) is 24.3 Å². The van der Waals surface area contributed by atoms with Gasteiger partial charge in [0.1, 0.15) is 11.2 Å². The van der Waals surface area contributed by atoms with E-state index < -0.39 is 0 Å². The molecule has 4 heterocycles. The smallest absolute Gasteiger partial charge is 0.152 e. The largest absolute Gasteiger partial charge is 0.304 e. The number of hydrogen-bond acceptors (Lipinski definition) is 3. The number of benzene rings is 1. The number of halogens is 1. The van der Waals surface area contributed by atoms with Crippen molar-refractivity contribution in [3.05, 3.63) is 83.8 Å². The lowest BCUT2D eigenvalue weighted by Gasteiger charge is -2.03. The summed E-state index contributed by atoms with van der Waals surface area (Å²) in [5, 5.41) is 2.33. The molecular weight excluding hydrogens is 339 g/mol. The number of imidazole rings is 1. The highest BCUT2D eigenvalue weighted by Crippen LogP contribution is 2.23. The predicted octanol–water partition coefficient (Wildman–Crippen LogP) is 4.66. The fourth-order valence-corrected chi connectivity index (χ4v) is 3.59. The lowest BCUT2D eigenvalue weighted by Crippen LogP contribution is -1.98. The number of aromatic nitrogens is 4. The third-order valence-corrected chi connectivity index (χ3v) is 5.06. The maximum absolute atomic E-state index is 14.0. The minimum Gasteiger partial charge on any atom is -0.304 e. The van der Waals surface area contributed by atoms with Gasteiger partial charge >= 0.3 is 0 Å². The van der Waals surface area contributed by atoms with Crippen molar-refractivity contribution in [3.8, 4) is 0 Å². The Morgan fingerprint density at radius 3 is 2.78 bits per heavy atom. The first-order valence-corrected chi connectivity index (χ1v) is 8.96. The molecule has 0 saturated carbocycles. The van der Waals surface area contributed by atoms with E-state index in [1.165, 1.54) is 17.6 Å². The van der Waals surface area contributed by atoms with Crippen LogP contribution in [0.5, 0.6) is 0 Å². The van der Waals surface area contributed by atoms with E-state index in [4.69, 9.17) is 4.98 Å². The molecule has 0 aliphatic carbocycles. The Labute approximate surface area is 155 Å². The van der Waals surface area contributed by atoms with Gasteiger partial charge < -0.3 is 4.40 Å². The van der Waals surface area contributed by atoms with Gasteiger partial charge in [0.2, 0.25) is 0 Å². The monoisotopic (exact) mass is 356 g/mol. The second kappa shape index (κ2) is 6.13. The first kappa shape index (κ1) is 15.9. The topological polar surface area (TPSA) is 43.1 Å². The number of pyridine rings is 3. The highest BCUT2D eigenvalue weighted by atomic mass is 19.1. The summed E-state index contributed by atoms with van der Waals surface area (Å²) in [6, 6.07) is 15.5. The third-order valence-electron chi connectivity index (χ3n) is 5.06. The Hall–Kier alpha value is -3.34. The number of aryl methyl sites for hydroxylation is 3. The van der Waals surface area contributed by atoms with E-state index in [1.54, 1.807) is 0 Å². The Kier molecular flexibility index (Phi) is 3.60. The molecule has 0 radical (unpaired) electrons. The Bertz CT molecular complexity index is 1310. The lowest BCUT2D eigenvalue weighted by molar-refractivity contribution is 0.634. The van der Waals surface area contributed by atoms with Crippen LogP contribution in [-0.2, 0) is 12.8 Å². The van der Waals surface area contributed by atoms with Crippen LogP contribution < -0.4 is 0 Å². The third kappa shape index (κ3) is 2.63. The molecule has 0 aliphatic heterocycles. The van der Waals surface area contributed by atoms with Crippen molar-refractivity contribution in [2.24, 2.45) is 0 Å². The average Bonchev–Trinajstić information content (AvgIpc) is 3.03. The van der Waals surface area contributed by atoms with Crippen LogP contribution in [0.2, 0.25) is 0 Å². The summed E-state index contributed by atoms with van der Waals surface area (Å²) in [6.07, 6.45) is 4.98. The Morgan fingerprint density at radius 2 is 1.85 bits per heavy atom. The molecule has 132 valence electrons. The zero-order valence-electron chi connectivity index (χ0n) is 14.9. The van der Waals surface area contributed by atoms with Crippen molar-refractivity contribution in [1.29, 1.82) is 0 Å². The highest BCUT2D eigenvalue weighted by molar-refractivity contribution is 5.94. The van der Waals surface area contributed by atoms with Gasteiger partial charge in [0.25, 0.3) is 0 Å². The minimum absolute atomic E-state index is 0.327. The molecule has 0 fully saturated rings. The fourth-order valence-electron chi connectivity index (χ4n) is 3.59. The van der Waals surface area contributed by atoms with Crippen LogP contribution in [0.4, 0.5) is 4.39 Å². The van der Waals surface area contributed by atoms with Gasteiger partial charge in [-0.15, -0.1) is 0 Å². The number of fused-ring (bicyclic) bond motifs is 4. The van der Waals surface area contributed by atoms with Crippen molar-refractivity contribution in [2.45, 2.75) is 19.8 Å². The predicted molar refractivity (Wildman–Crippen MR) is 104 cm³/mol. The van der Waals surface area contributed by atoms with E-state index >= 15 is 0 Å². The molecular formula is C22H17FN4. The van der Waals surface area contributed by atoms with E-state index in [9.17, 15) is 4.39 Å². The van der Waals surface area contributed by atoms with Crippen LogP contribution >= 0.6 is 0 Å². The molecule has 1 aromatic carbocycles. The standard InChI is InChI=1S/C22H17FN4/c1-14-19(26-22-17-5-3-2-4-15(17)11-13-27(14)22)8-6-16-7-9-20-21(25-16)18(23)10-12-24-20/h2-5,7,9-13H,6,8H2,1H3. The first-order chi connectivity index (χ1) is 13.2. The molecule has 4 nitrogen and oxygen atoms in total.